The van der Waals surface area contributed by atoms with Gasteiger partial charge in [-0.1, -0.05) is 5.16 Å². The number of aromatic nitrogens is 1. The van der Waals surface area contributed by atoms with Crippen LogP contribution in [0.25, 0.3) is 6.08 Å². The Balaban J connectivity index is 1.90. The fourth-order valence-electron chi connectivity index (χ4n) is 2.75. The zero-order valence-corrected chi connectivity index (χ0v) is 9.99. The predicted molar refractivity (Wildman–Crippen MR) is 63.1 cm³/mol. The third-order valence-corrected chi connectivity index (χ3v) is 4.03. The topological polar surface area (TPSA) is 29.3 Å². The molecule has 0 aliphatic carbocycles. The van der Waals surface area contributed by atoms with Crippen LogP contribution in [0.3, 0.4) is 0 Å². The van der Waals surface area contributed by atoms with Crippen molar-refractivity contribution in [3.05, 3.63) is 22.6 Å². The summed E-state index contributed by atoms with van der Waals surface area (Å²) in [6.45, 7) is 7.76. The van der Waals surface area contributed by atoms with E-state index < -0.39 is 0 Å². The van der Waals surface area contributed by atoms with E-state index in [1.165, 1.54) is 37.1 Å². The van der Waals surface area contributed by atoms with Crippen LogP contribution < -0.4 is 0 Å². The lowest BCUT2D eigenvalue weighted by molar-refractivity contribution is 0.163. The summed E-state index contributed by atoms with van der Waals surface area (Å²) < 4.78 is 5.36. The van der Waals surface area contributed by atoms with Crippen molar-refractivity contribution in [3.8, 4) is 0 Å². The number of aryl methyl sites for hydroxylation is 1. The highest BCUT2D eigenvalue weighted by Crippen LogP contribution is 2.33. The van der Waals surface area contributed by atoms with Gasteiger partial charge in [-0.05, 0) is 57.3 Å². The molecule has 0 atom stereocenters. The van der Waals surface area contributed by atoms with Gasteiger partial charge >= 0.3 is 0 Å². The molecule has 0 spiro atoms. The van der Waals surface area contributed by atoms with Crippen LogP contribution in [0.4, 0.5) is 0 Å². The maximum atomic E-state index is 5.36. The lowest BCUT2D eigenvalue weighted by Crippen LogP contribution is -2.42. The quantitative estimate of drug-likeness (QED) is 0.725. The monoisotopic (exact) mass is 218 g/mol. The molecular formula is C13H18N2O. The maximum Gasteiger partial charge on any atom is 0.162 e. The highest BCUT2D eigenvalue weighted by Gasteiger charge is 2.29. The minimum atomic E-state index is 0.787. The zero-order chi connectivity index (χ0) is 11.1. The van der Waals surface area contributed by atoms with Gasteiger partial charge in [0.25, 0.3) is 0 Å². The fraction of sp³-hybridized carbons (Fsp3) is 0.615. The van der Waals surface area contributed by atoms with Crippen LogP contribution in [-0.2, 0) is 0 Å². The summed E-state index contributed by atoms with van der Waals surface area (Å²) in [5.41, 5.74) is 3.73. The van der Waals surface area contributed by atoms with E-state index in [9.17, 15) is 0 Å². The molecule has 4 heterocycles. The molecule has 4 rings (SSSR count). The predicted octanol–water partition coefficient (Wildman–Crippen LogP) is 2.40. The van der Waals surface area contributed by atoms with E-state index >= 15 is 0 Å². The van der Waals surface area contributed by atoms with Crippen molar-refractivity contribution in [2.45, 2.75) is 26.7 Å². The summed E-state index contributed by atoms with van der Waals surface area (Å²) in [7, 11) is 0. The van der Waals surface area contributed by atoms with Crippen molar-refractivity contribution in [1.29, 1.82) is 0 Å². The molecule has 3 saturated heterocycles. The van der Waals surface area contributed by atoms with E-state index in [4.69, 9.17) is 4.52 Å². The molecule has 0 amide bonds. The zero-order valence-electron chi connectivity index (χ0n) is 9.99. The molecule has 86 valence electrons. The highest BCUT2D eigenvalue weighted by atomic mass is 16.5. The summed E-state index contributed by atoms with van der Waals surface area (Å²) in [6.07, 6.45) is 4.86. The van der Waals surface area contributed by atoms with E-state index in [2.05, 4.69) is 23.1 Å². The van der Waals surface area contributed by atoms with E-state index in [1.807, 2.05) is 6.92 Å². The second-order valence-corrected chi connectivity index (χ2v) is 5.03. The van der Waals surface area contributed by atoms with Crippen molar-refractivity contribution in [2.24, 2.45) is 5.92 Å². The maximum absolute atomic E-state index is 5.36. The highest BCUT2D eigenvalue weighted by molar-refractivity contribution is 5.53. The van der Waals surface area contributed by atoms with Gasteiger partial charge in [0.1, 0.15) is 0 Å². The first-order valence-electron chi connectivity index (χ1n) is 6.10. The molecule has 0 N–H and O–H groups in total. The average molecular weight is 218 g/mol. The molecule has 0 radical (unpaired) electrons. The summed E-state index contributed by atoms with van der Waals surface area (Å²) in [5.74, 6) is 1.75. The molecule has 3 nitrogen and oxygen atoms in total. The normalized spacial score (nSPS) is 31.2. The van der Waals surface area contributed by atoms with Crippen LogP contribution in [0.2, 0.25) is 0 Å². The number of piperidine rings is 3. The van der Waals surface area contributed by atoms with Crippen molar-refractivity contribution in [1.82, 2.24) is 10.1 Å². The average Bonchev–Trinajstić information content (AvgIpc) is 2.63. The van der Waals surface area contributed by atoms with Crippen LogP contribution in [0.15, 0.2) is 10.1 Å². The van der Waals surface area contributed by atoms with E-state index in [0.29, 0.717) is 0 Å². The summed E-state index contributed by atoms with van der Waals surface area (Å²) in [6, 6.07) is 0. The summed E-state index contributed by atoms with van der Waals surface area (Å²) in [4.78, 5) is 2.53. The molecule has 1 aromatic rings. The van der Waals surface area contributed by atoms with Crippen molar-refractivity contribution < 1.29 is 4.52 Å². The van der Waals surface area contributed by atoms with E-state index in [1.54, 1.807) is 0 Å². The molecule has 3 aliphatic rings. The van der Waals surface area contributed by atoms with Gasteiger partial charge in [-0.15, -0.1) is 0 Å². The third-order valence-electron chi connectivity index (χ3n) is 4.03. The first kappa shape index (κ1) is 10.1. The molecule has 3 aliphatic heterocycles. The van der Waals surface area contributed by atoms with Crippen molar-refractivity contribution in [2.75, 3.05) is 19.6 Å². The Bertz CT molecular complexity index is 425. The Kier molecular flexibility index (Phi) is 2.36. The largest absolute Gasteiger partial charge is 0.356 e. The van der Waals surface area contributed by atoms with Crippen LogP contribution >= 0.6 is 0 Å². The second-order valence-electron chi connectivity index (χ2n) is 5.03. The van der Waals surface area contributed by atoms with Gasteiger partial charge in [-0.3, -0.25) is 4.90 Å². The molecule has 0 unspecified atom stereocenters. The van der Waals surface area contributed by atoms with Crippen LogP contribution in [0, 0.1) is 19.8 Å². The first-order chi connectivity index (χ1) is 7.74. The molecule has 0 saturated carbocycles. The number of nitrogens with zero attached hydrogens (tertiary/aromatic N) is 2. The first-order valence-corrected chi connectivity index (χ1v) is 6.10. The molecule has 0 aromatic carbocycles. The second kappa shape index (κ2) is 3.74. The molecule has 3 heteroatoms. The van der Waals surface area contributed by atoms with Crippen molar-refractivity contribution >= 4 is 6.08 Å². The third kappa shape index (κ3) is 1.59. The Morgan fingerprint density at radius 1 is 1.31 bits per heavy atom. The molecular weight excluding hydrogens is 200 g/mol. The molecule has 2 bridgehead atoms. The van der Waals surface area contributed by atoms with Gasteiger partial charge in [-0.2, -0.15) is 0 Å². The number of hydrogen-bond donors (Lipinski definition) is 0. The number of fused-ring (bicyclic) bond motifs is 3. The Morgan fingerprint density at radius 2 is 2.06 bits per heavy atom. The molecule has 1 aromatic heterocycles. The van der Waals surface area contributed by atoms with Gasteiger partial charge in [-0.25, -0.2) is 0 Å². The Morgan fingerprint density at radius 3 is 2.56 bits per heavy atom. The number of hydrogen-bond acceptors (Lipinski definition) is 3. The molecule has 16 heavy (non-hydrogen) atoms. The standard InChI is InChI=1S/C13H18N2O/c1-9-10(2)14-16-13(9)7-12-8-15-5-3-11(12)4-6-15/h7,11H,3-6,8H2,1-2H3/b12-7-. The minimum absolute atomic E-state index is 0.787. The Hall–Kier alpha value is -1.09. The smallest absolute Gasteiger partial charge is 0.162 e. The lowest BCUT2D eigenvalue weighted by atomic mass is 9.83. The summed E-state index contributed by atoms with van der Waals surface area (Å²) in [5, 5.41) is 4.01. The van der Waals surface area contributed by atoms with Gasteiger partial charge in [0, 0.05) is 12.1 Å². The minimum Gasteiger partial charge on any atom is -0.356 e. The van der Waals surface area contributed by atoms with E-state index in [0.717, 1.165) is 23.9 Å². The van der Waals surface area contributed by atoms with Crippen molar-refractivity contribution in [3.63, 3.8) is 0 Å². The Labute approximate surface area is 96.1 Å². The van der Waals surface area contributed by atoms with Crippen LogP contribution in [0.1, 0.15) is 29.9 Å². The van der Waals surface area contributed by atoms with Gasteiger partial charge in [0.15, 0.2) is 5.76 Å². The van der Waals surface area contributed by atoms with Gasteiger partial charge < -0.3 is 4.52 Å². The van der Waals surface area contributed by atoms with Crippen LogP contribution in [-0.4, -0.2) is 29.7 Å². The van der Waals surface area contributed by atoms with Gasteiger partial charge in [0.2, 0.25) is 0 Å². The lowest BCUT2D eigenvalue weighted by Gasteiger charge is -2.40. The SMILES string of the molecule is Cc1noc(/C=C2/CN3CCC2CC3)c1C. The van der Waals surface area contributed by atoms with Gasteiger partial charge in [0.05, 0.1) is 5.69 Å². The van der Waals surface area contributed by atoms with Crippen LogP contribution in [0.5, 0.6) is 0 Å². The fourth-order valence-corrected chi connectivity index (χ4v) is 2.75. The number of rotatable bonds is 1. The van der Waals surface area contributed by atoms with E-state index in [-0.39, 0.29) is 0 Å². The summed E-state index contributed by atoms with van der Waals surface area (Å²) >= 11 is 0. The molecule has 3 fully saturated rings.